The Labute approximate surface area is 166 Å². The minimum atomic E-state index is -0.0597. The molecule has 3 rings (SSSR count). The molecule has 0 aliphatic rings. The molecule has 1 amide bonds. The van der Waals surface area contributed by atoms with Gasteiger partial charge in [-0.2, -0.15) is 4.98 Å². The Morgan fingerprint density at radius 1 is 1.07 bits per heavy atom. The van der Waals surface area contributed by atoms with Crippen LogP contribution >= 0.6 is 0 Å². The van der Waals surface area contributed by atoms with E-state index < -0.39 is 0 Å². The lowest BCUT2D eigenvalue weighted by atomic mass is 9.87. The van der Waals surface area contributed by atoms with E-state index in [0.717, 1.165) is 16.7 Å². The Hall–Kier alpha value is -2.95. The first-order valence-corrected chi connectivity index (χ1v) is 9.41. The van der Waals surface area contributed by atoms with Crippen LogP contribution in [0.5, 0.6) is 0 Å². The molecule has 1 heterocycles. The molecule has 0 saturated carbocycles. The van der Waals surface area contributed by atoms with E-state index in [1.807, 2.05) is 44.2 Å². The molecule has 146 valence electrons. The Morgan fingerprint density at radius 3 is 2.39 bits per heavy atom. The van der Waals surface area contributed by atoms with Crippen molar-refractivity contribution >= 4 is 5.91 Å². The van der Waals surface area contributed by atoms with Gasteiger partial charge in [0.15, 0.2) is 0 Å². The second-order valence-electron chi connectivity index (χ2n) is 8.32. The van der Waals surface area contributed by atoms with Gasteiger partial charge < -0.3 is 9.42 Å². The quantitative estimate of drug-likeness (QED) is 0.647. The van der Waals surface area contributed by atoms with Crippen molar-refractivity contribution in [3.05, 3.63) is 70.6 Å². The molecule has 0 aliphatic carbocycles. The molecule has 0 spiro atoms. The highest BCUT2D eigenvalue weighted by molar-refractivity contribution is 5.95. The Morgan fingerprint density at radius 2 is 1.75 bits per heavy atom. The molecular formula is C23H27N3O2. The molecule has 0 atom stereocenters. The summed E-state index contributed by atoms with van der Waals surface area (Å²) in [5, 5.41) is 4.07. The SMILES string of the molecule is Cc1ccc(C)c(C(=O)N(C)Cc2nc(-c3ccc(C(C)(C)C)cc3)no2)c1. The molecule has 0 bridgehead atoms. The predicted molar refractivity (Wildman–Crippen MR) is 110 cm³/mol. The standard InChI is InChI=1S/C23H27N3O2/c1-15-7-8-16(2)19(13-15)22(27)26(6)14-20-24-21(25-28-20)17-9-11-18(12-10-17)23(3,4)5/h7-13H,14H2,1-6H3. The Kier molecular flexibility index (Phi) is 5.36. The number of aromatic nitrogens is 2. The van der Waals surface area contributed by atoms with E-state index in [1.165, 1.54) is 5.56 Å². The third-order valence-corrected chi connectivity index (χ3v) is 4.82. The topological polar surface area (TPSA) is 59.2 Å². The van der Waals surface area contributed by atoms with Gasteiger partial charge in [0.25, 0.3) is 5.91 Å². The van der Waals surface area contributed by atoms with Crippen molar-refractivity contribution in [1.29, 1.82) is 0 Å². The zero-order chi connectivity index (χ0) is 20.5. The molecule has 3 aromatic rings. The molecule has 28 heavy (non-hydrogen) atoms. The first-order chi connectivity index (χ1) is 13.1. The summed E-state index contributed by atoms with van der Waals surface area (Å²) in [5.74, 6) is 0.884. The summed E-state index contributed by atoms with van der Waals surface area (Å²) in [4.78, 5) is 18.8. The van der Waals surface area contributed by atoms with Gasteiger partial charge in [0.05, 0.1) is 6.54 Å². The Bertz CT molecular complexity index is 982. The smallest absolute Gasteiger partial charge is 0.254 e. The number of amides is 1. The third kappa shape index (κ3) is 4.30. The number of benzene rings is 2. The lowest BCUT2D eigenvalue weighted by Gasteiger charge is -2.18. The fourth-order valence-electron chi connectivity index (χ4n) is 3.00. The van der Waals surface area contributed by atoms with Gasteiger partial charge in [-0.3, -0.25) is 4.79 Å². The number of carbonyl (C=O) groups excluding carboxylic acids is 1. The lowest BCUT2D eigenvalue weighted by Crippen LogP contribution is -2.27. The largest absolute Gasteiger partial charge is 0.337 e. The summed E-state index contributed by atoms with van der Waals surface area (Å²) in [7, 11) is 1.74. The average Bonchev–Trinajstić information content (AvgIpc) is 3.11. The average molecular weight is 377 g/mol. The molecule has 0 N–H and O–H groups in total. The number of aryl methyl sites for hydroxylation is 2. The molecule has 0 unspecified atom stereocenters. The van der Waals surface area contributed by atoms with Gasteiger partial charge in [0.1, 0.15) is 0 Å². The third-order valence-electron chi connectivity index (χ3n) is 4.82. The van der Waals surface area contributed by atoms with Crippen LogP contribution in [0.2, 0.25) is 0 Å². The van der Waals surface area contributed by atoms with E-state index in [2.05, 4.69) is 43.0 Å². The number of hydrogen-bond acceptors (Lipinski definition) is 4. The van der Waals surface area contributed by atoms with Gasteiger partial charge in [-0.1, -0.05) is 67.9 Å². The van der Waals surface area contributed by atoms with Crippen LogP contribution < -0.4 is 0 Å². The van der Waals surface area contributed by atoms with Crippen molar-refractivity contribution < 1.29 is 9.32 Å². The van der Waals surface area contributed by atoms with E-state index in [-0.39, 0.29) is 17.9 Å². The molecule has 2 aromatic carbocycles. The summed E-state index contributed by atoms with van der Waals surface area (Å²) in [6.07, 6.45) is 0. The number of rotatable bonds is 4. The molecule has 0 saturated heterocycles. The van der Waals surface area contributed by atoms with Crippen LogP contribution in [-0.4, -0.2) is 28.0 Å². The second kappa shape index (κ2) is 7.58. The van der Waals surface area contributed by atoms with Crippen LogP contribution in [0.25, 0.3) is 11.4 Å². The normalized spacial score (nSPS) is 11.5. The van der Waals surface area contributed by atoms with Gasteiger partial charge in [-0.05, 0) is 36.5 Å². The lowest BCUT2D eigenvalue weighted by molar-refractivity contribution is 0.0768. The Balaban J connectivity index is 1.73. The van der Waals surface area contributed by atoms with Gasteiger partial charge in [0.2, 0.25) is 11.7 Å². The van der Waals surface area contributed by atoms with Crippen molar-refractivity contribution in [1.82, 2.24) is 15.0 Å². The van der Waals surface area contributed by atoms with Crippen molar-refractivity contribution in [2.45, 2.75) is 46.6 Å². The first-order valence-electron chi connectivity index (χ1n) is 9.41. The summed E-state index contributed by atoms with van der Waals surface area (Å²) in [6.45, 7) is 10.7. The molecule has 5 heteroatoms. The van der Waals surface area contributed by atoms with Crippen LogP contribution in [0.3, 0.4) is 0 Å². The van der Waals surface area contributed by atoms with E-state index in [0.29, 0.717) is 17.3 Å². The van der Waals surface area contributed by atoms with Gasteiger partial charge >= 0.3 is 0 Å². The van der Waals surface area contributed by atoms with Crippen molar-refractivity contribution in [2.24, 2.45) is 0 Å². The first kappa shape index (κ1) is 19.8. The van der Waals surface area contributed by atoms with Crippen molar-refractivity contribution in [2.75, 3.05) is 7.05 Å². The maximum absolute atomic E-state index is 12.8. The molecule has 0 radical (unpaired) electrons. The predicted octanol–water partition coefficient (Wildman–Crippen LogP) is 4.92. The van der Waals surface area contributed by atoms with E-state index in [4.69, 9.17) is 4.52 Å². The fraction of sp³-hybridized carbons (Fsp3) is 0.348. The number of hydrogen-bond donors (Lipinski definition) is 0. The number of nitrogens with zero attached hydrogens (tertiary/aromatic N) is 3. The highest BCUT2D eigenvalue weighted by Crippen LogP contribution is 2.25. The summed E-state index contributed by atoms with van der Waals surface area (Å²) < 4.78 is 5.37. The number of carbonyl (C=O) groups is 1. The molecule has 0 aliphatic heterocycles. The monoisotopic (exact) mass is 377 g/mol. The summed E-state index contributed by atoms with van der Waals surface area (Å²) >= 11 is 0. The van der Waals surface area contributed by atoms with Crippen LogP contribution in [0.15, 0.2) is 47.0 Å². The van der Waals surface area contributed by atoms with Gasteiger partial charge in [-0.15, -0.1) is 0 Å². The maximum Gasteiger partial charge on any atom is 0.254 e. The summed E-state index contributed by atoms with van der Waals surface area (Å²) in [6, 6.07) is 14.0. The highest BCUT2D eigenvalue weighted by atomic mass is 16.5. The molecule has 5 nitrogen and oxygen atoms in total. The maximum atomic E-state index is 12.8. The van der Waals surface area contributed by atoms with E-state index in [9.17, 15) is 4.79 Å². The molecule has 0 fully saturated rings. The van der Waals surface area contributed by atoms with E-state index in [1.54, 1.807) is 11.9 Å². The van der Waals surface area contributed by atoms with Gasteiger partial charge in [-0.25, -0.2) is 0 Å². The van der Waals surface area contributed by atoms with Crippen LogP contribution in [-0.2, 0) is 12.0 Å². The van der Waals surface area contributed by atoms with Crippen molar-refractivity contribution in [3.63, 3.8) is 0 Å². The van der Waals surface area contributed by atoms with Gasteiger partial charge in [0, 0.05) is 18.2 Å². The highest BCUT2D eigenvalue weighted by Gasteiger charge is 2.18. The second-order valence-corrected chi connectivity index (χ2v) is 8.32. The molecule has 1 aromatic heterocycles. The zero-order valence-electron chi connectivity index (χ0n) is 17.4. The zero-order valence-corrected chi connectivity index (χ0v) is 17.4. The van der Waals surface area contributed by atoms with Crippen LogP contribution in [0, 0.1) is 13.8 Å². The van der Waals surface area contributed by atoms with Crippen LogP contribution in [0.4, 0.5) is 0 Å². The van der Waals surface area contributed by atoms with Crippen LogP contribution in [0.1, 0.15) is 53.7 Å². The fourth-order valence-corrected chi connectivity index (χ4v) is 3.00. The minimum absolute atomic E-state index is 0.0597. The minimum Gasteiger partial charge on any atom is -0.337 e. The van der Waals surface area contributed by atoms with Crippen molar-refractivity contribution in [3.8, 4) is 11.4 Å². The summed E-state index contributed by atoms with van der Waals surface area (Å²) in [5.41, 5.74) is 4.94. The molecular weight excluding hydrogens is 350 g/mol. The van der Waals surface area contributed by atoms with E-state index >= 15 is 0 Å².